The van der Waals surface area contributed by atoms with Gasteiger partial charge in [-0.2, -0.15) is 5.10 Å². The molecule has 0 spiro atoms. The van der Waals surface area contributed by atoms with Crippen molar-refractivity contribution in [3.8, 4) is 11.4 Å². The zero-order valence-electron chi connectivity index (χ0n) is 13.7. The third kappa shape index (κ3) is 3.70. The predicted octanol–water partition coefficient (Wildman–Crippen LogP) is 1.93. The summed E-state index contributed by atoms with van der Waals surface area (Å²) in [6.45, 7) is 0.628. The molecule has 0 saturated heterocycles. The second-order valence-electron chi connectivity index (χ2n) is 6.14. The number of benzene rings is 1. The van der Waals surface area contributed by atoms with E-state index in [1.54, 1.807) is 34.5 Å². The summed E-state index contributed by atoms with van der Waals surface area (Å²) in [5.74, 6) is 0.121. The van der Waals surface area contributed by atoms with Crippen molar-refractivity contribution in [3.63, 3.8) is 0 Å². The average Bonchev–Trinajstić information content (AvgIpc) is 3.30. The number of amides is 1. The Labute approximate surface area is 144 Å². The molecule has 1 N–H and O–H groups in total. The Bertz CT molecular complexity index is 811. The number of hydrogen-bond acceptors (Lipinski definition) is 4. The van der Waals surface area contributed by atoms with Gasteiger partial charge in [0.1, 0.15) is 5.82 Å². The minimum atomic E-state index is -0.343. The molecule has 1 aliphatic carbocycles. The normalized spacial score (nSPS) is 14.2. The van der Waals surface area contributed by atoms with Gasteiger partial charge in [-0.15, -0.1) is 0 Å². The summed E-state index contributed by atoms with van der Waals surface area (Å²) in [7, 11) is 3.58. The number of halogens is 1. The van der Waals surface area contributed by atoms with Gasteiger partial charge < -0.3 is 9.88 Å². The van der Waals surface area contributed by atoms with Crippen molar-refractivity contribution >= 4 is 18.1 Å². The molecule has 1 saturated carbocycles. The maximum atomic E-state index is 14.0. The predicted molar refractivity (Wildman–Crippen MR) is 91.2 cm³/mol. The zero-order chi connectivity index (χ0) is 17.3. The van der Waals surface area contributed by atoms with Crippen molar-refractivity contribution in [1.82, 2.24) is 24.6 Å². The molecule has 1 aliphatic rings. The Hall–Kier alpha value is -2.06. The van der Waals surface area contributed by atoms with Gasteiger partial charge in [0.05, 0.1) is 18.8 Å². The van der Waals surface area contributed by atoms with Gasteiger partial charge in [-0.05, 0) is 44.2 Å². The van der Waals surface area contributed by atoms with Gasteiger partial charge in [-0.1, -0.05) is 12.1 Å². The molecule has 0 unspecified atom stereocenters. The van der Waals surface area contributed by atoms with E-state index in [2.05, 4.69) is 10.4 Å². The van der Waals surface area contributed by atoms with Crippen LogP contribution in [-0.4, -0.2) is 44.8 Å². The topological polar surface area (TPSA) is 55.1 Å². The van der Waals surface area contributed by atoms with Gasteiger partial charge in [-0.3, -0.25) is 9.69 Å². The van der Waals surface area contributed by atoms with Gasteiger partial charge in [0.25, 0.3) is 0 Å². The molecule has 0 radical (unpaired) electrons. The maximum Gasteiger partial charge on any atom is 0.234 e. The van der Waals surface area contributed by atoms with Crippen LogP contribution in [0.4, 0.5) is 4.39 Å². The van der Waals surface area contributed by atoms with Crippen molar-refractivity contribution in [2.24, 2.45) is 7.05 Å². The maximum absolute atomic E-state index is 14.0. The van der Waals surface area contributed by atoms with E-state index in [1.807, 2.05) is 11.9 Å². The lowest BCUT2D eigenvalue weighted by Crippen LogP contribution is -2.37. The third-order valence-electron chi connectivity index (χ3n) is 3.89. The Morgan fingerprint density at radius 1 is 1.46 bits per heavy atom. The Kier molecular flexibility index (Phi) is 4.77. The number of nitrogens with one attached hydrogen (secondary N) is 1. The number of aromatic nitrogens is 3. The van der Waals surface area contributed by atoms with Crippen LogP contribution >= 0.6 is 12.2 Å². The molecule has 2 aromatic rings. The van der Waals surface area contributed by atoms with Crippen LogP contribution in [0.25, 0.3) is 11.4 Å². The Morgan fingerprint density at radius 2 is 2.17 bits per heavy atom. The van der Waals surface area contributed by atoms with E-state index >= 15 is 0 Å². The zero-order valence-corrected chi connectivity index (χ0v) is 14.5. The summed E-state index contributed by atoms with van der Waals surface area (Å²) >= 11 is 5.38. The molecule has 8 heteroatoms. The molecular formula is C16H20FN5OS. The molecule has 1 aromatic carbocycles. The van der Waals surface area contributed by atoms with Crippen molar-refractivity contribution in [1.29, 1.82) is 0 Å². The van der Waals surface area contributed by atoms with Crippen LogP contribution in [0.5, 0.6) is 0 Å². The molecule has 1 fully saturated rings. The molecule has 0 bridgehead atoms. The first-order valence-corrected chi connectivity index (χ1v) is 8.23. The van der Waals surface area contributed by atoms with Crippen LogP contribution < -0.4 is 5.32 Å². The average molecular weight is 349 g/mol. The minimum Gasteiger partial charge on any atom is -0.352 e. The molecule has 6 nitrogen and oxygen atoms in total. The second kappa shape index (κ2) is 6.82. The van der Waals surface area contributed by atoms with Gasteiger partial charge in [0.2, 0.25) is 5.91 Å². The lowest BCUT2D eigenvalue weighted by molar-refractivity contribution is -0.122. The Morgan fingerprint density at radius 3 is 2.83 bits per heavy atom. The molecule has 1 heterocycles. The van der Waals surface area contributed by atoms with Crippen LogP contribution in [0, 0.1) is 10.6 Å². The lowest BCUT2D eigenvalue weighted by atomic mass is 10.2. The fraction of sp³-hybridized carbons (Fsp3) is 0.438. The highest BCUT2D eigenvalue weighted by Gasteiger charge is 2.23. The third-order valence-corrected chi connectivity index (χ3v) is 4.37. The van der Waals surface area contributed by atoms with E-state index in [0.29, 0.717) is 28.9 Å². The molecule has 1 aromatic heterocycles. The second-order valence-corrected chi connectivity index (χ2v) is 6.51. The van der Waals surface area contributed by atoms with E-state index in [0.717, 1.165) is 12.8 Å². The Balaban J connectivity index is 1.74. The summed E-state index contributed by atoms with van der Waals surface area (Å²) in [5, 5.41) is 7.37. The van der Waals surface area contributed by atoms with Gasteiger partial charge in [-0.25, -0.2) is 9.07 Å². The number of carbonyl (C=O) groups excluding carboxylic acids is 1. The molecule has 3 rings (SSSR count). The number of nitrogens with zero attached hydrogens (tertiary/aromatic N) is 4. The summed E-state index contributed by atoms with van der Waals surface area (Å²) in [6, 6.07) is 6.80. The molecule has 128 valence electrons. The van der Waals surface area contributed by atoms with Crippen LogP contribution in [0.15, 0.2) is 24.3 Å². The highest BCUT2D eigenvalue weighted by molar-refractivity contribution is 7.71. The molecule has 0 atom stereocenters. The number of carbonyl (C=O) groups is 1. The van der Waals surface area contributed by atoms with E-state index < -0.39 is 0 Å². The standard InChI is InChI=1S/C16H20FN5OS/c1-20(9-14(23)18-11-7-8-11)10-22-16(24)21(2)15(19-22)12-5-3-4-6-13(12)17/h3-6,11H,7-10H2,1-2H3,(H,18,23). The van der Waals surface area contributed by atoms with Crippen molar-refractivity contribution in [2.45, 2.75) is 25.6 Å². The van der Waals surface area contributed by atoms with Crippen LogP contribution in [-0.2, 0) is 18.5 Å². The number of likely N-dealkylation sites (N-methyl/N-ethyl adjacent to an activating group) is 1. The van der Waals surface area contributed by atoms with Crippen LogP contribution in [0.2, 0.25) is 0 Å². The summed E-state index contributed by atoms with van der Waals surface area (Å²) in [6.07, 6.45) is 2.12. The van der Waals surface area contributed by atoms with Gasteiger partial charge >= 0.3 is 0 Å². The summed E-state index contributed by atoms with van der Waals surface area (Å²) in [5.41, 5.74) is 0.402. The molecule has 24 heavy (non-hydrogen) atoms. The first-order valence-electron chi connectivity index (χ1n) is 7.82. The van der Waals surface area contributed by atoms with Crippen molar-refractivity contribution < 1.29 is 9.18 Å². The van der Waals surface area contributed by atoms with Gasteiger partial charge in [0.15, 0.2) is 10.6 Å². The quantitative estimate of drug-likeness (QED) is 0.810. The highest BCUT2D eigenvalue weighted by atomic mass is 32.1. The SMILES string of the molecule is CN(CC(=O)NC1CC1)Cn1nc(-c2ccccc2F)n(C)c1=S. The first kappa shape index (κ1) is 16.8. The number of rotatable bonds is 6. The van der Waals surface area contributed by atoms with E-state index in [4.69, 9.17) is 12.2 Å². The van der Waals surface area contributed by atoms with E-state index in [1.165, 1.54) is 6.07 Å². The molecule has 1 amide bonds. The van der Waals surface area contributed by atoms with Crippen LogP contribution in [0.3, 0.4) is 0 Å². The molecule has 0 aliphatic heterocycles. The van der Waals surface area contributed by atoms with Crippen molar-refractivity contribution in [3.05, 3.63) is 34.9 Å². The minimum absolute atomic E-state index is 0.00298. The van der Waals surface area contributed by atoms with E-state index in [-0.39, 0.29) is 18.3 Å². The summed E-state index contributed by atoms with van der Waals surface area (Å²) < 4.78 is 17.7. The van der Waals surface area contributed by atoms with Gasteiger partial charge in [0, 0.05) is 13.1 Å². The monoisotopic (exact) mass is 349 g/mol. The lowest BCUT2D eigenvalue weighted by Gasteiger charge is -2.15. The first-order chi connectivity index (χ1) is 11.5. The smallest absolute Gasteiger partial charge is 0.234 e. The fourth-order valence-corrected chi connectivity index (χ4v) is 2.67. The largest absolute Gasteiger partial charge is 0.352 e. The van der Waals surface area contributed by atoms with Crippen molar-refractivity contribution in [2.75, 3.05) is 13.6 Å². The van der Waals surface area contributed by atoms with Crippen LogP contribution in [0.1, 0.15) is 12.8 Å². The summed E-state index contributed by atoms with van der Waals surface area (Å²) in [4.78, 5) is 13.7. The number of hydrogen-bond donors (Lipinski definition) is 1. The highest BCUT2D eigenvalue weighted by Crippen LogP contribution is 2.21. The fourth-order valence-electron chi connectivity index (χ4n) is 2.48. The molecular weight excluding hydrogens is 329 g/mol. The van der Waals surface area contributed by atoms with E-state index in [9.17, 15) is 9.18 Å².